The number of hydrogen-bond donors (Lipinski definition) is 1. The van der Waals surface area contributed by atoms with E-state index in [1.165, 1.54) is 5.56 Å². The van der Waals surface area contributed by atoms with Crippen molar-refractivity contribution in [3.05, 3.63) is 35.9 Å². The van der Waals surface area contributed by atoms with Crippen LogP contribution in [-0.2, 0) is 11.2 Å². The predicted molar refractivity (Wildman–Crippen MR) is 67.2 cm³/mol. The van der Waals surface area contributed by atoms with Crippen molar-refractivity contribution in [1.82, 2.24) is 0 Å². The smallest absolute Gasteiger partial charge is 0.123 e. The van der Waals surface area contributed by atoms with E-state index >= 15 is 0 Å². The Morgan fingerprint density at radius 1 is 1.31 bits per heavy atom. The maximum absolute atomic E-state index is 11.0. The number of hydrogen-bond acceptors (Lipinski definition) is 2. The first-order chi connectivity index (χ1) is 7.51. The molecule has 0 aliphatic carbocycles. The number of aldehydes is 1. The Morgan fingerprint density at radius 3 is 2.44 bits per heavy atom. The second kappa shape index (κ2) is 5.80. The summed E-state index contributed by atoms with van der Waals surface area (Å²) in [6.07, 6.45) is 3.62. The highest BCUT2D eigenvalue weighted by molar-refractivity contribution is 5.54. The minimum absolute atomic E-state index is 0.0882. The molecule has 0 aliphatic heterocycles. The highest BCUT2D eigenvalue weighted by Crippen LogP contribution is 2.16. The largest absolute Gasteiger partial charge is 0.326 e. The molecule has 1 aromatic rings. The highest BCUT2D eigenvalue weighted by atomic mass is 16.1. The molecule has 1 atom stereocenters. The normalized spacial score (nSPS) is 13.4. The van der Waals surface area contributed by atoms with Crippen LogP contribution in [0.25, 0.3) is 0 Å². The summed E-state index contributed by atoms with van der Waals surface area (Å²) in [6, 6.07) is 10.1. The van der Waals surface area contributed by atoms with Gasteiger partial charge in [-0.05, 0) is 38.7 Å². The Bertz CT molecular complexity index is 313. The first-order valence-corrected chi connectivity index (χ1v) is 5.79. The molecule has 16 heavy (non-hydrogen) atoms. The van der Waals surface area contributed by atoms with Crippen molar-refractivity contribution < 1.29 is 4.79 Å². The van der Waals surface area contributed by atoms with Crippen LogP contribution in [0.1, 0.15) is 32.3 Å². The SMILES string of the molecule is CC(C)(N)CCC(C=O)Cc1ccccc1. The van der Waals surface area contributed by atoms with Gasteiger partial charge >= 0.3 is 0 Å². The van der Waals surface area contributed by atoms with Crippen molar-refractivity contribution in [3.8, 4) is 0 Å². The summed E-state index contributed by atoms with van der Waals surface area (Å²) in [6.45, 7) is 3.99. The average Bonchev–Trinajstić information content (AvgIpc) is 2.24. The van der Waals surface area contributed by atoms with Crippen LogP contribution >= 0.6 is 0 Å². The lowest BCUT2D eigenvalue weighted by Crippen LogP contribution is -2.32. The van der Waals surface area contributed by atoms with Crippen LogP contribution in [0.4, 0.5) is 0 Å². The molecule has 1 unspecified atom stereocenters. The monoisotopic (exact) mass is 219 g/mol. The molecule has 0 radical (unpaired) electrons. The fourth-order valence-corrected chi connectivity index (χ4v) is 1.69. The van der Waals surface area contributed by atoms with Crippen molar-refractivity contribution in [1.29, 1.82) is 0 Å². The van der Waals surface area contributed by atoms with Crippen LogP contribution in [0.2, 0.25) is 0 Å². The van der Waals surface area contributed by atoms with Gasteiger partial charge in [0.25, 0.3) is 0 Å². The Balaban J connectivity index is 2.47. The molecule has 1 rings (SSSR count). The third-order valence-electron chi connectivity index (χ3n) is 2.69. The van der Waals surface area contributed by atoms with Crippen molar-refractivity contribution >= 4 is 6.29 Å². The van der Waals surface area contributed by atoms with E-state index in [1.54, 1.807) is 0 Å². The molecule has 0 saturated heterocycles. The molecule has 0 bridgehead atoms. The van der Waals surface area contributed by atoms with Gasteiger partial charge in [0.05, 0.1) is 0 Å². The molecule has 2 heteroatoms. The molecule has 1 aromatic carbocycles. The van der Waals surface area contributed by atoms with Gasteiger partial charge in [0.15, 0.2) is 0 Å². The van der Waals surface area contributed by atoms with Crippen LogP contribution in [0.3, 0.4) is 0 Å². The average molecular weight is 219 g/mol. The lowest BCUT2D eigenvalue weighted by molar-refractivity contribution is -0.111. The van der Waals surface area contributed by atoms with Gasteiger partial charge in [-0.15, -0.1) is 0 Å². The fourth-order valence-electron chi connectivity index (χ4n) is 1.69. The van der Waals surface area contributed by atoms with Gasteiger partial charge in [-0.25, -0.2) is 0 Å². The Kier molecular flexibility index (Phi) is 4.69. The van der Waals surface area contributed by atoms with E-state index < -0.39 is 0 Å². The molecule has 2 nitrogen and oxygen atoms in total. The van der Waals surface area contributed by atoms with Gasteiger partial charge in [-0.1, -0.05) is 30.3 Å². The first-order valence-electron chi connectivity index (χ1n) is 5.79. The maximum atomic E-state index is 11.0. The van der Waals surface area contributed by atoms with Crippen molar-refractivity contribution in [2.24, 2.45) is 11.7 Å². The number of carbonyl (C=O) groups is 1. The van der Waals surface area contributed by atoms with Crippen LogP contribution in [-0.4, -0.2) is 11.8 Å². The standard InChI is InChI=1S/C14H21NO/c1-14(2,15)9-8-13(11-16)10-12-6-4-3-5-7-12/h3-7,11,13H,8-10,15H2,1-2H3. The van der Waals surface area contributed by atoms with E-state index in [1.807, 2.05) is 32.0 Å². The van der Waals surface area contributed by atoms with Crippen molar-refractivity contribution in [2.45, 2.75) is 38.6 Å². The molecule has 0 spiro atoms. The highest BCUT2D eigenvalue weighted by Gasteiger charge is 2.15. The summed E-state index contributed by atoms with van der Waals surface area (Å²) in [5, 5.41) is 0. The third kappa shape index (κ3) is 5.08. The van der Waals surface area contributed by atoms with Crippen LogP contribution < -0.4 is 5.73 Å². The van der Waals surface area contributed by atoms with E-state index in [0.29, 0.717) is 0 Å². The summed E-state index contributed by atoms with van der Waals surface area (Å²) in [5.41, 5.74) is 6.95. The van der Waals surface area contributed by atoms with Gasteiger partial charge in [0.2, 0.25) is 0 Å². The molecular formula is C14H21NO. The van der Waals surface area contributed by atoms with Crippen molar-refractivity contribution in [3.63, 3.8) is 0 Å². The quantitative estimate of drug-likeness (QED) is 0.747. The van der Waals surface area contributed by atoms with E-state index in [2.05, 4.69) is 12.1 Å². The Hall–Kier alpha value is -1.15. The Labute approximate surface area is 97.9 Å². The minimum atomic E-state index is -0.183. The summed E-state index contributed by atoms with van der Waals surface area (Å²) in [5.74, 6) is 0.0882. The second-order valence-corrected chi connectivity index (χ2v) is 5.11. The van der Waals surface area contributed by atoms with Crippen LogP contribution in [0.5, 0.6) is 0 Å². The molecule has 0 aliphatic rings. The maximum Gasteiger partial charge on any atom is 0.123 e. The van der Waals surface area contributed by atoms with E-state index in [0.717, 1.165) is 25.5 Å². The molecule has 0 heterocycles. The van der Waals surface area contributed by atoms with Crippen LogP contribution in [0.15, 0.2) is 30.3 Å². The molecule has 0 amide bonds. The summed E-state index contributed by atoms with van der Waals surface area (Å²) < 4.78 is 0. The van der Waals surface area contributed by atoms with Gasteiger partial charge < -0.3 is 10.5 Å². The number of benzene rings is 1. The minimum Gasteiger partial charge on any atom is -0.326 e. The molecule has 88 valence electrons. The van der Waals surface area contributed by atoms with E-state index in [-0.39, 0.29) is 11.5 Å². The summed E-state index contributed by atoms with van der Waals surface area (Å²) in [4.78, 5) is 11.0. The molecular weight excluding hydrogens is 198 g/mol. The fraction of sp³-hybridized carbons (Fsp3) is 0.500. The Morgan fingerprint density at radius 2 is 1.94 bits per heavy atom. The number of rotatable bonds is 6. The zero-order valence-corrected chi connectivity index (χ0v) is 10.1. The van der Waals surface area contributed by atoms with E-state index in [4.69, 9.17) is 5.73 Å². The zero-order valence-electron chi connectivity index (χ0n) is 10.1. The van der Waals surface area contributed by atoms with Gasteiger partial charge in [0.1, 0.15) is 6.29 Å². The molecule has 0 fully saturated rings. The zero-order chi connectivity index (χ0) is 12.0. The third-order valence-corrected chi connectivity index (χ3v) is 2.69. The summed E-state index contributed by atoms with van der Waals surface area (Å²) >= 11 is 0. The van der Waals surface area contributed by atoms with Gasteiger partial charge in [0, 0.05) is 11.5 Å². The van der Waals surface area contributed by atoms with E-state index in [9.17, 15) is 4.79 Å². The molecule has 2 N–H and O–H groups in total. The predicted octanol–water partition coefficient (Wildman–Crippen LogP) is 2.56. The van der Waals surface area contributed by atoms with Gasteiger partial charge in [-0.2, -0.15) is 0 Å². The topological polar surface area (TPSA) is 43.1 Å². The number of carbonyl (C=O) groups excluding carboxylic acids is 1. The van der Waals surface area contributed by atoms with Crippen molar-refractivity contribution in [2.75, 3.05) is 0 Å². The first kappa shape index (κ1) is 12.9. The molecule has 0 aromatic heterocycles. The number of nitrogens with two attached hydrogens (primary N) is 1. The lowest BCUT2D eigenvalue weighted by Gasteiger charge is -2.20. The molecule has 0 saturated carbocycles. The summed E-state index contributed by atoms with van der Waals surface area (Å²) in [7, 11) is 0. The second-order valence-electron chi connectivity index (χ2n) is 5.11. The van der Waals surface area contributed by atoms with Gasteiger partial charge in [-0.3, -0.25) is 0 Å². The lowest BCUT2D eigenvalue weighted by atomic mass is 9.90. The van der Waals surface area contributed by atoms with Crippen LogP contribution in [0, 0.1) is 5.92 Å².